The van der Waals surface area contributed by atoms with Gasteiger partial charge in [0.2, 0.25) is 5.91 Å². The number of benzene rings is 1. The second kappa shape index (κ2) is 8.92. The van der Waals surface area contributed by atoms with Crippen molar-refractivity contribution in [2.45, 2.75) is 29.9 Å². The topological polar surface area (TPSA) is 50.4 Å². The zero-order valence-corrected chi connectivity index (χ0v) is 15.3. The van der Waals surface area contributed by atoms with Crippen molar-refractivity contribution in [3.63, 3.8) is 0 Å². The third-order valence-electron chi connectivity index (χ3n) is 4.25. The van der Waals surface area contributed by atoms with E-state index in [0.29, 0.717) is 18.2 Å². The van der Waals surface area contributed by atoms with Crippen LogP contribution in [-0.2, 0) is 9.53 Å². The molecule has 1 fully saturated rings. The van der Waals surface area contributed by atoms with Crippen LogP contribution < -0.4 is 10.6 Å². The standard InChI is InChI=1S/C17H25ClN2O2S/c1-13(23-15-5-3-14(18)4-6-15)16(21)20-11-17(12-22-2)7-9-19-10-8-17/h3-6,13,19H,7-12H2,1-2H3,(H,20,21). The van der Waals surface area contributed by atoms with Gasteiger partial charge in [-0.2, -0.15) is 0 Å². The Morgan fingerprint density at radius 2 is 2.04 bits per heavy atom. The number of carbonyl (C=O) groups excluding carboxylic acids is 1. The van der Waals surface area contributed by atoms with E-state index in [1.807, 2.05) is 31.2 Å². The molecule has 0 aliphatic carbocycles. The first-order valence-corrected chi connectivity index (χ1v) is 9.20. The Labute approximate surface area is 147 Å². The summed E-state index contributed by atoms with van der Waals surface area (Å²) in [6.07, 6.45) is 2.06. The fourth-order valence-electron chi connectivity index (χ4n) is 2.82. The van der Waals surface area contributed by atoms with Crippen LogP contribution in [0.1, 0.15) is 19.8 Å². The van der Waals surface area contributed by atoms with E-state index < -0.39 is 0 Å². The van der Waals surface area contributed by atoms with Crippen molar-refractivity contribution < 1.29 is 9.53 Å². The van der Waals surface area contributed by atoms with Crippen LogP contribution in [0.2, 0.25) is 5.02 Å². The van der Waals surface area contributed by atoms with E-state index in [9.17, 15) is 4.79 Å². The predicted octanol–water partition coefficient (Wildman–Crippen LogP) is 2.95. The summed E-state index contributed by atoms with van der Waals surface area (Å²) in [5.41, 5.74) is 0.0559. The molecule has 1 amide bonds. The molecular formula is C17H25ClN2O2S. The summed E-state index contributed by atoms with van der Waals surface area (Å²) < 4.78 is 5.39. The van der Waals surface area contributed by atoms with Gasteiger partial charge in [0, 0.05) is 29.0 Å². The van der Waals surface area contributed by atoms with Crippen LogP contribution in [0.3, 0.4) is 0 Å². The van der Waals surface area contributed by atoms with Crippen molar-refractivity contribution in [1.82, 2.24) is 10.6 Å². The molecule has 128 valence electrons. The van der Waals surface area contributed by atoms with Crippen LogP contribution >= 0.6 is 23.4 Å². The molecular weight excluding hydrogens is 332 g/mol. The first-order valence-electron chi connectivity index (χ1n) is 7.94. The molecule has 1 atom stereocenters. The van der Waals surface area contributed by atoms with E-state index in [4.69, 9.17) is 16.3 Å². The lowest BCUT2D eigenvalue weighted by Gasteiger charge is -2.37. The van der Waals surface area contributed by atoms with Crippen LogP contribution in [0, 0.1) is 5.41 Å². The number of methoxy groups -OCH3 is 1. The maximum absolute atomic E-state index is 12.4. The molecule has 0 radical (unpaired) electrons. The quantitative estimate of drug-likeness (QED) is 0.737. The number of hydrogen-bond donors (Lipinski definition) is 2. The number of ether oxygens (including phenoxy) is 1. The third kappa shape index (κ3) is 5.68. The van der Waals surface area contributed by atoms with Gasteiger partial charge >= 0.3 is 0 Å². The molecule has 6 heteroatoms. The number of amides is 1. The first-order chi connectivity index (χ1) is 11.0. The highest BCUT2D eigenvalue weighted by Crippen LogP contribution is 2.29. The summed E-state index contributed by atoms with van der Waals surface area (Å²) in [4.78, 5) is 13.4. The zero-order valence-electron chi connectivity index (χ0n) is 13.7. The summed E-state index contributed by atoms with van der Waals surface area (Å²) in [6.45, 7) is 5.25. The fraction of sp³-hybridized carbons (Fsp3) is 0.588. The van der Waals surface area contributed by atoms with Gasteiger partial charge in [0.1, 0.15) is 0 Å². The van der Waals surface area contributed by atoms with E-state index in [-0.39, 0.29) is 16.6 Å². The summed E-state index contributed by atoms with van der Waals surface area (Å²) in [5, 5.41) is 7.04. The average molecular weight is 357 g/mol. The third-order valence-corrected chi connectivity index (χ3v) is 5.61. The van der Waals surface area contributed by atoms with E-state index in [1.54, 1.807) is 18.9 Å². The molecule has 1 unspecified atom stereocenters. The molecule has 2 N–H and O–H groups in total. The Morgan fingerprint density at radius 1 is 1.39 bits per heavy atom. The van der Waals surface area contributed by atoms with Crippen molar-refractivity contribution in [1.29, 1.82) is 0 Å². The van der Waals surface area contributed by atoms with Gasteiger partial charge in [0.15, 0.2) is 0 Å². The molecule has 0 saturated carbocycles. The lowest BCUT2D eigenvalue weighted by molar-refractivity contribution is -0.121. The minimum Gasteiger partial charge on any atom is -0.384 e. The highest BCUT2D eigenvalue weighted by atomic mass is 35.5. The summed E-state index contributed by atoms with van der Waals surface area (Å²) in [7, 11) is 1.73. The summed E-state index contributed by atoms with van der Waals surface area (Å²) >= 11 is 7.43. The minimum atomic E-state index is -0.141. The average Bonchev–Trinajstić information content (AvgIpc) is 2.56. The van der Waals surface area contributed by atoms with E-state index in [0.717, 1.165) is 30.8 Å². The monoisotopic (exact) mass is 356 g/mol. The number of carbonyl (C=O) groups is 1. The molecule has 2 rings (SSSR count). The van der Waals surface area contributed by atoms with Gasteiger partial charge in [0.05, 0.1) is 11.9 Å². The molecule has 4 nitrogen and oxygen atoms in total. The van der Waals surface area contributed by atoms with Gasteiger partial charge < -0.3 is 15.4 Å². The van der Waals surface area contributed by atoms with Gasteiger partial charge in [-0.3, -0.25) is 4.79 Å². The molecule has 1 aromatic rings. The lowest BCUT2D eigenvalue weighted by atomic mass is 9.79. The predicted molar refractivity (Wildman–Crippen MR) is 96.2 cm³/mol. The number of halogens is 1. The maximum Gasteiger partial charge on any atom is 0.233 e. The van der Waals surface area contributed by atoms with Crippen LogP contribution in [0.25, 0.3) is 0 Å². The smallest absolute Gasteiger partial charge is 0.233 e. The van der Waals surface area contributed by atoms with Crippen molar-refractivity contribution in [2.24, 2.45) is 5.41 Å². The lowest BCUT2D eigenvalue weighted by Crippen LogP contribution is -2.48. The fourth-order valence-corrected chi connectivity index (χ4v) is 3.84. The Bertz CT molecular complexity index is 498. The van der Waals surface area contributed by atoms with Gasteiger partial charge in [-0.25, -0.2) is 0 Å². The first kappa shape index (κ1) is 18.6. The Morgan fingerprint density at radius 3 is 2.65 bits per heavy atom. The van der Waals surface area contributed by atoms with Crippen LogP contribution in [0.5, 0.6) is 0 Å². The SMILES string of the molecule is COCC1(CNC(=O)C(C)Sc2ccc(Cl)cc2)CCNCC1. The van der Waals surface area contributed by atoms with Gasteiger partial charge in [-0.1, -0.05) is 11.6 Å². The minimum absolute atomic E-state index is 0.0559. The molecule has 1 aliphatic rings. The van der Waals surface area contributed by atoms with Gasteiger partial charge in [-0.15, -0.1) is 11.8 Å². The molecule has 0 bridgehead atoms. The maximum atomic E-state index is 12.4. The largest absolute Gasteiger partial charge is 0.384 e. The highest BCUT2D eigenvalue weighted by molar-refractivity contribution is 8.00. The van der Waals surface area contributed by atoms with E-state index in [2.05, 4.69) is 10.6 Å². The Hall–Kier alpha value is -0.750. The normalized spacial score (nSPS) is 18.4. The number of piperidine rings is 1. The number of hydrogen-bond acceptors (Lipinski definition) is 4. The van der Waals surface area contributed by atoms with Crippen LogP contribution in [-0.4, -0.2) is 44.5 Å². The molecule has 0 aromatic heterocycles. The van der Waals surface area contributed by atoms with Gasteiger partial charge in [0.25, 0.3) is 0 Å². The second-order valence-electron chi connectivity index (χ2n) is 6.11. The molecule has 1 aliphatic heterocycles. The van der Waals surface area contributed by atoms with Crippen molar-refractivity contribution >= 4 is 29.3 Å². The van der Waals surface area contributed by atoms with Crippen molar-refractivity contribution in [2.75, 3.05) is 33.4 Å². The second-order valence-corrected chi connectivity index (χ2v) is 7.97. The van der Waals surface area contributed by atoms with Crippen molar-refractivity contribution in [3.05, 3.63) is 29.3 Å². The summed E-state index contributed by atoms with van der Waals surface area (Å²) in [6, 6.07) is 7.57. The number of thioether (sulfide) groups is 1. The van der Waals surface area contributed by atoms with E-state index in [1.165, 1.54) is 0 Å². The molecule has 1 saturated heterocycles. The van der Waals surface area contributed by atoms with Crippen molar-refractivity contribution in [3.8, 4) is 0 Å². The number of rotatable bonds is 7. The van der Waals surface area contributed by atoms with Crippen LogP contribution in [0.4, 0.5) is 0 Å². The Kier molecular flexibility index (Phi) is 7.21. The summed E-state index contributed by atoms with van der Waals surface area (Å²) in [5.74, 6) is 0.0685. The zero-order chi connectivity index (χ0) is 16.7. The molecule has 1 heterocycles. The molecule has 0 spiro atoms. The Balaban J connectivity index is 1.85. The van der Waals surface area contributed by atoms with E-state index >= 15 is 0 Å². The highest BCUT2D eigenvalue weighted by Gasteiger charge is 2.33. The van der Waals surface area contributed by atoms with Crippen LogP contribution in [0.15, 0.2) is 29.2 Å². The van der Waals surface area contributed by atoms with Gasteiger partial charge in [-0.05, 0) is 57.1 Å². The number of nitrogens with one attached hydrogen (secondary N) is 2. The molecule has 1 aromatic carbocycles. The molecule has 23 heavy (non-hydrogen) atoms.